The average Bonchev–Trinajstić information content (AvgIpc) is 2.50. The van der Waals surface area contributed by atoms with E-state index in [0.717, 1.165) is 25.8 Å². The second-order valence-electron chi connectivity index (χ2n) is 3.10. The summed E-state index contributed by atoms with van der Waals surface area (Å²) < 4.78 is 0. The fraction of sp³-hybridized carbons (Fsp3) is 0.700. The molecule has 1 fully saturated rings. The van der Waals surface area contributed by atoms with E-state index in [1.54, 1.807) is 0 Å². The maximum atomic E-state index is 10.3. The summed E-state index contributed by atoms with van der Waals surface area (Å²) in [5.41, 5.74) is 0. The van der Waals surface area contributed by atoms with Crippen LogP contribution in [0.3, 0.4) is 0 Å². The van der Waals surface area contributed by atoms with Gasteiger partial charge in [0.15, 0.2) is 0 Å². The predicted octanol–water partition coefficient (Wildman–Crippen LogP) is 1.06. The molecule has 66 valence electrons. The van der Waals surface area contributed by atoms with Crippen LogP contribution in [0.1, 0.15) is 26.2 Å². The van der Waals surface area contributed by atoms with Crippen molar-refractivity contribution in [1.29, 1.82) is 0 Å². The van der Waals surface area contributed by atoms with E-state index >= 15 is 0 Å². The largest absolute Gasteiger partial charge is 0.303 e. The number of likely N-dealkylation sites (tertiary alicyclic amines) is 1. The summed E-state index contributed by atoms with van der Waals surface area (Å²) in [4.78, 5) is 12.6. The lowest BCUT2D eigenvalue weighted by molar-refractivity contribution is -0.108. The summed E-state index contributed by atoms with van der Waals surface area (Å²) in [6.07, 6.45) is 4.06. The molecule has 12 heavy (non-hydrogen) atoms. The van der Waals surface area contributed by atoms with Gasteiger partial charge < -0.3 is 4.79 Å². The van der Waals surface area contributed by atoms with Crippen LogP contribution >= 0.6 is 0 Å². The molecule has 0 aromatic heterocycles. The second-order valence-corrected chi connectivity index (χ2v) is 3.10. The number of rotatable bonds is 3. The van der Waals surface area contributed by atoms with Crippen molar-refractivity contribution in [3.63, 3.8) is 0 Å². The van der Waals surface area contributed by atoms with Crippen LogP contribution in [0.4, 0.5) is 0 Å². The number of aldehydes is 1. The fourth-order valence-electron chi connectivity index (χ4n) is 1.66. The molecule has 0 saturated carbocycles. The van der Waals surface area contributed by atoms with Gasteiger partial charge in [0.05, 0.1) is 6.54 Å². The van der Waals surface area contributed by atoms with Gasteiger partial charge in [0.25, 0.3) is 0 Å². The summed E-state index contributed by atoms with van der Waals surface area (Å²) in [5.74, 6) is 5.92. The zero-order valence-electron chi connectivity index (χ0n) is 7.55. The van der Waals surface area contributed by atoms with Gasteiger partial charge in [-0.2, -0.15) is 0 Å². The zero-order chi connectivity index (χ0) is 8.81. The quantitative estimate of drug-likeness (QED) is 0.460. The highest BCUT2D eigenvalue weighted by atomic mass is 16.1. The Morgan fingerprint density at radius 3 is 3.17 bits per heavy atom. The minimum Gasteiger partial charge on any atom is -0.303 e. The molecule has 2 heteroatoms. The molecule has 1 saturated heterocycles. The van der Waals surface area contributed by atoms with Crippen molar-refractivity contribution < 1.29 is 4.79 Å². The van der Waals surface area contributed by atoms with Gasteiger partial charge in [-0.25, -0.2) is 0 Å². The van der Waals surface area contributed by atoms with Gasteiger partial charge in [-0.1, -0.05) is 5.92 Å². The molecule has 1 aliphatic rings. The molecule has 0 N–H and O–H groups in total. The van der Waals surface area contributed by atoms with E-state index in [9.17, 15) is 4.79 Å². The molecule has 0 amide bonds. The van der Waals surface area contributed by atoms with Crippen molar-refractivity contribution in [2.45, 2.75) is 32.2 Å². The maximum Gasteiger partial charge on any atom is 0.121 e. The summed E-state index contributed by atoms with van der Waals surface area (Å²) >= 11 is 0. The van der Waals surface area contributed by atoms with Gasteiger partial charge in [0.1, 0.15) is 6.29 Å². The van der Waals surface area contributed by atoms with E-state index < -0.39 is 0 Å². The van der Waals surface area contributed by atoms with Crippen LogP contribution < -0.4 is 0 Å². The molecule has 2 nitrogen and oxygen atoms in total. The first-order valence-electron chi connectivity index (χ1n) is 4.45. The summed E-state index contributed by atoms with van der Waals surface area (Å²) in [5, 5.41) is 0. The lowest BCUT2D eigenvalue weighted by Gasteiger charge is -2.19. The van der Waals surface area contributed by atoms with E-state index in [0.29, 0.717) is 12.5 Å². The van der Waals surface area contributed by atoms with Crippen LogP contribution in [0.2, 0.25) is 0 Å². The maximum absolute atomic E-state index is 10.3. The van der Waals surface area contributed by atoms with Crippen LogP contribution in [0.5, 0.6) is 0 Å². The molecule has 1 atom stereocenters. The van der Waals surface area contributed by atoms with Gasteiger partial charge >= 0.3 is 0 Å². The number of carbonyl (C=O) groups is 1. The topological polar surface area (TPSA) is 20.3 Å². The Kier molecular flexibility index (Phi) is 3.83. The molecular weight excluding hydrogens is 150 g/mol. The first kappa shape index (κ1) is 9.28. The molecule has 0 aromatic carbocycles. The predicted molar refractivity (Wildman–Crippen MR) is 48.7 cm³/mol. The van der Waals surface area contributed by atoms with Crippen molar-refractivity contribution in [1.82, 2.24) is 4.90 Å². The summed E-state index contributed by atoms with van der Waals surface area (Å²) in [7, 11) is 0. The van der Waals surface area contributed by atoms with E-state index in [1.807, 2.05) is 6.92 Å². The SMILES string of the molecule is CC#CCN1CCCC1CC=O. The lowest BCUT2D eigenvalue weighted by atomic mass is 10.2. The van der Waals surface area contributed by atoms with Crippen molar-refractivity contribution >= 4 is 6.29 Å². The van der Waals surface area contributed by atoms with Gasteiger partial charge in [-0.3, -0.25) is 4.90 Å². The van der Waals surface area contributed by atoms with Crippen molar-refractivity contribution in [3.8, 4) is 11.8 Å². The van der Waals surface area contributed by atoms with Crippen molar-refractivity contribution in [3.05, 3.63) is 0 Å². The van der Waals surface area contributed by atoms with Gasteiger partial charge in [0, 0.05) is 12.5 Å². The third-order valence-electron chi connectivity index (χ3n) is 2.33. The third-order valence-corrected chi connectivity index (χ3v) is 2.33. The molecule has 1 aliphatic heterocycles. The Morgan fingerprint density at radius 1 is 1.67 bits per heavy atom. The molecule has 1 unspecified atom stereocenters. The fourth-order valence-corrected chi connectivity index (χ4v) is 1.66. The molecule has 0 bridgehead atoms. The Bertz CT molecular complexity index is 202. The first-order chi connectivity index (χ1) is 5.88. The van der Waals surface area contributed by atoms with Gasteiger partial charge in [-0.05, 0) is 26.3 Å². The van der Waals surface area contributed by atoms with Crippen LogP contribution in [0.25, 0.3) is 0 Å². The van der Waals surface area contributed by atoms with Crippen LogP contribution in [0, 0.1) is 11.8 Å². The smallest absolute Gasteiger partial charge is 0.121 e. The zero-order valence-corrected chi connectivity index (χ0v) is 7.55. The number of carbonyl (C=O) groups excluding carboxylic acids is 1. The van der Waals surface area contributed by atoms with E-state index in [1.165, 1.54) is 6.42 Å². The molecule has 1 heterocycles. The second kappa shape index (κ2) is 4.95. The highest BCUT2D eigenvalue weighted by molar-refractivity contribution is 5.50. The van der Waals surface area contributed by atoms with Crippen LogP contribution in [0.15, 0.2) is 0 Å². The molecule has 0 aliphatic carbocycles. The lowest BCUT2D eigenvalue weighted by Crippen LogP contribution is -2.29. The number of nitrogens with zero attached hydrogens (tertiary/aromatic N) is 1. The Balaban J connectivity index is 2.38. The molecule has 0 spiro atoms. The Hall–Kier alpha value is -0.810. The highest BCUT2D eigenvalue weighted by Crippen LogP contribution is 2.17. The molecule has 0 radical (unpaired) electrons. The Morgan fingerprint density at radius 2 is 2.50 bits per heavy atom. The van der Waals surface area contributed by atoms with Crippen molar-refractivity contribution in [2.24, 2.45) is 0 Å². The van der Waals surface area contributed by atoms with Crippen molar-refractivity contribution in [2.75, 3.05) is 13.1 Å². The molecule has 0 aromatic rings. The normalized spacial score (nSPS) is 23.2. The summed E-state index contributed by atoms with van der Waals surface area (Å²) in [6, 6.07) is 0.461. The minimum atomic E-state index is 0.461. The van der Waals surface area contributed by atoms with Gasteiger partial charge in [-0.15, -0.1) is 5.92 Å². The standard InChI is InChI=1S/C10H15NO/c1-2-3-7-11-8-4-5-10(11)6-9-12/h9-10H,4-8H2,1H3. The van der Waals surface area contributed by atoms with E-state index in [4.69, 9.17) is 0 Å². The highest BCUT2D eigenvalue weighted by Gasteiger charge is 2.22. The number of hydrogen-bond acceptors (Lipinski definition) is 2. The molecule has 1 rings (SSSR count). The average molecular weight is 165 g/mol. The number of hydrogen-bond donors (Lipinski definition) is 0. The minimum absolute atomic E-state index is 0.461. The van der Waals surface area contributed by atoms with Gasteiger partial charge in [0.2, 0.25) is 0 Å². The molecular formula is C10H15NO. The van der Waals surface area contributed by atoms with Crippen LogP contribution in [-0.4, -0.2) is 30.3 Å². The van der Waals surface area contributed by atoms with E-state index in [-0.39, 0.29) is 0 Å². The van der Waals surface area contributed by atoms with E-state index in [2.05, 4.69) is 16.7 Å². The first-order valence-corrected chi connectivity index (χ1v) is 4.45. The monoisotopic (exact) mass is 165 g/mol. The Labute approximate surface area is 73.9 Å². The third kappa shape index (κ3) is 2.35. The van der Waals surface area contributed by atoms with Crippen LogP contribution in [-0.2, 0) is 4.79 Å². The summed E-state index contributed by atoms with van der Waals surface area (Å²) in [6.45, 7) is 3.78.